The normalized spacial score (nSPS) is 10.1. The van der Waals surface area contributed by atoms with E-state index in [1.54, 1.807) is 12.1 Å². The van der Waals surface area contributed by atoms with Gasteiger partial charge in [-0.05, 0) is 36.2 Å². The largest absolute Gasteiger partial charge is 0.452 e. The summed E-state index contributed by atoms with van der Waals surface area (Å²) in [7, 11) is 0. The highest BCUT2D eigenvalue weighted by Gasteiger charge is 2.12. The Balaban J connectivity index is 1.72. The van der Waals surface area contributed by atoms with E-state index in [1.807, 2.05) is 0 Å². The quantitative estimate of drug-likeness (QED) is 0.471. The fourth-order valence-electron chi connectivity index (χ4n) is 1.98. The summed E-state index contributed by atoms with van der Waals surface area (Å²) in [6.07, 6.45) is 0.516. The Morgan fingerprint density at radius 2 is 1.72 bits per heavy atom. The Bertz CT molecular complexity index is 760. The summed E-state index contributed by atoms with van der Waals surface area (Å²) in [6.45, 7) is -0.140. The van der Waals surface area contributed by atoms with Crippen LogP contribution in [0.15, 0.2) is 48.5 Å². The molecule has 1 N–H and O–H groups in total. The van der Waals surface area contributed by atoms with Crippen molar-refractivity contribution in [2.75, 3.05) is 13.2 Å². The van der Waals surface area contributed by atoms with Crippen LogP contribution in [0.25, 0.3) is 0 Å². The summed E-state index contributed by atoms with van der Waals surface area (Å²) in [6, 6.07) is 10.8. The molecule has 0 aliphatic heterocycles. The molecular weight excluding hydrogens is 331 g/mol. The molecule has 1 amide bonds. The molecule has 8 heteroatoms. The average Bonchev–Trinajstić information content (AvgIpc) is 2.61. The molecule has 0 atom stereocenters. The van der Waals surface area contributed by atoms with E-state index in [-0.39, 0.29) is 17.1 Å². The van der Waals surface area contributed by atoms with Crippen LogP contribution in [0.2, 0.25) is 0 Å². The van der Waals surface area contributed by atoms with Gasteiger partial charge in [0.05, 0.1) is 10.5 Å². The Morgan fingerprint density at radius 1 is 1.08 bits per heavy atom. The molecule has 25 heavy (non-hydrogen) atoms. The van der Waals surface area contributed by atoms with Crippen LogP contribution >= 0.6 is 0 Å². The molecule has 0 radical (unpaired) electrons. The lowest BCUT2D eigenvalue weighted by molar-refractivity contribution is -0.384. The molecule has 130 valence electrons. The molecule has 0 fully saturated rings. The number of benzene rings is 2. The first kappa shape index (κ1) is 18.1. The van der Waals surface area contributed by atoms with E-state index >= 15 is 0 Å². The number of nitrogens with zero attached hydrogens (tertiary/aromatic N) is 1. The molecule has 2 aromatic rings. The number of nitro groups is 1. The maximum Gasteiger partial charge on any atom is 0.338 e. The first-order valence-corrected chi connectivity index (χ1v) is 7.38. The Kier molecular flexibility index (Phi) is 6.16. The minimum absolute atomic E-state index is 0.115. The molecular formula is C17H15FN2O5. The lowest BCUT2D eigenvalue weighted by Gasteiger charge is -2.07. The van der Waals surface area contributed by atoms with Gasteiger partial charge in [-0.1, -0.05) is 12.1 Å². The van der Waals surface area contributed by atoms with E-state index < -0.39 is 23.4 Å². The zero-order valence-corrected chi connectivity index (χ0v) is 13.1. The second-order valence-corrected chi connectivity index (χ2v) is 5.11. The summed E-state index contributed by atoms with van der Waals surface area (Å²) in [5.41, 5.74) is 0.837. The number of halogens is 1. The summed E-state index contributed by atoms with van der Waals surface area (Å²) in [5.74, 6) is -1.55. The number of non-ortho nitro benzene ring substituents is 1. The summed E-state index contributed by atoms with van der Waals surface area (Å²) < 4.78 is 17.6. The topological polar surface area (TPSA) is 98.5 Å². The van der Waals surface area contributed by atoms with E-state index in [0.717, 1.165) is 5.56 Å². The lowest BCUT2D eigenvalue weighted by Crippen LogP contribution is -2.30. The highest BCUT2D eigenvalue weighted by atomic mass is 19.1. The highest BCUT2D eigenvalue weighted by Crippen LogP contribution is 2.12. The number of carbonyl (C=O) groups excluding carboxylic acids is 2. The standard InChI is InChI=1S/C17H15FN2O5/c18-14-5-1-12(2-6-14)9-10-19-16(21)11-25-17(22)13-3-7-15(8-4-13)20(23)24/h1-8H,9-11H2,(H,19,21). The van der Waals surface area contributed by atoms with Crippen LogP contribution in [0.4, 0.5) is 10.1 Å². The average molecular weight is 346 g/mol. The van der Waals surface area contributed by atoms with Crippen LogP contribution in [0.3, 0.4) is 0 Å². The van der Waals surface area contributed by atoms with Crippen molar-refractivity contribution in [3.8, 4) is 0 Å². The lowest BCUT2D eigenvalue weighted by atomic mass is 10.1. The van der Waals surface area contributed by atoms with E-state index in [9.17, 15) is 24.1 Å². The number of nitrogens with one attached hydrogen (secondary N) is 1. The molecule has 2 aromatic carbocycles. The molecule has 0 aliphatic rings. The molecule has 0 aromatic heterocycles. The van der Waals surface area contributed by atoms with Crippen molar-refractivity contribution in [2.24, 2.45) is 0 Å². The number of hydrogen-bond donors (Lipinski definition) is 1. The summed E-state index contributed by atoms with van der Waals surface area (Å²) >= 11 is 0. The number of hydrogen-bond acceptors (Lipinski definition) is 5. The fraction of sp³-hybridized carbons (Fsp3) is 0.176. The first-order chi connectivity index (χ1) is 12.0. The van der Waals surface area contributed by atoms with Crippen molar-refractivity contribution in [2.45, 2.75) is 6.42 Å². The minimum atomic E-state index is -0.747. The summed E-state index contributed by atoms with van der Waals surface area (Å²) in [5, 5.41) is 13.1. The molecule has 0 spiro atoms. The molecule has 7 nitrogen and oxygen atoms in total. The van der Waals surface area contributed by atoms with Gasteiger partial charge in [-0.3, -0.25) is 14.9 Å². The van der Waals surface area contributed by atoms with Crippen molar-refractivity contribution in [3.63, 3.8) is 0 Å². The van der Waals surface area contributed by atoms with Crippen LogP contribution < -0.4 is 5.32 Å². The van der Waals surface area contributed by atoms with Gasteiger partial charge in [0, 0.05) is 18.7 Å². The smallest absolute Gasteiger partial charge is 0.338 e. The van der Waals surface area contributed by atoms with Crippen LogP contribution in [0.5, 0.6) is 0 Å². The van der Waals surface area contributed by atoms with Crippen molar-refractivity contribution in [1.29, 1.82) is 0 Å². The third-order valence-corrected chi connectivity index (χ3v) is 3.30. The van der Waals surface area contributed by atoms with Crippen molar-refractivity contribution in [3.05, 3.63) is 75.6 Å². The number of rotatable bonds is 7. The van der Waals surface area contributed by atoms with Crippen LogP contribution in [-0.4, -0.2) is 30.0 Å². The third kappa shape index (κ3) is 5.69. The van der Waals surface area contributed by atoms with Gasteiger partial charge in [0.2, 0.25) is 0 Å². The van der Waals surface area contributed by atoms with Gasteiger partial charge in [-0.2, -0.15) is 0 Å². The monoisotopic (exact) mass is 346 g/mol. The van der Waals surface area contributed by atoms with Gasteiger partial charge in [0.15, 0.2) is 6.61 Å². The van der Waals surface area contributed by atoms with Gasteiger partial charge >= 0.3 is 5.97 Å². The minimum Gasteiger partial charge on any atom is -0.452 e. The Hall–Kier alpha value is -3.29. The molecule has 0 aliphatic carbocycles. The van der Waals surface area contributed by atoms with E-state index in [4.69, 9.17) is 4.74 Å². The fourth-order valence-corrected chi connectivity index (χ4v) is 1.98. The zero-order chi connectivity index (χ0) is 18.2. The van der Waals surface area contributed by atoms with Crippen LogP contribution in [0.1, 0.15) is 15.9 Å². The van der Waals surface area contributed by atoms with Crippen LogP contribution in [-0.2, 0) is 16.0 Å². The SMILES string of the molecule is O=C(COC(=O)c1ccc([N+](=O)[O-])cc1)NCCc1ccc(F)cc1. The zero-order valence-electron chi connectivity index (χ0n) is 13.1. The molecule has 0 bridgehead atoms. The molecule has 0 unspecified atom stereocenters. The maximum atomic E-state index is 12.8. The number of amides is 1. The predicted molar refractivity (Wildman–Crippen MR) is 86.5 cm³/mol. The molecule has 0 saturated heterocycles. The maximum absolute atomic E-state index is 12.8. The van der Waals surface area contributed by atoms with Gasteiger partial charge in [0.25, 0.3) is 11.6 Å². The highest BCUT2D eigenvalue weighted by molar-refractivity contribution is 5.91. The Morgan fingerprint density at radius 3 is 2.32 bits per heavy atom. The second kappa shape index (κ2) is 8.53. The number of carbonyl (C=O) groups is 2. The predicted octanol–water partition coefficient (Wildman–Crippen LogP) is 2.25. The molecule has 0 heterocycles. The van der Waals surface area contributed by atoms with Crippen LogP contribution in [0, 0.1) is 15.9 Å². The van der Waals surface area contributed by atoms with Crippen molar-refractivity contribution >= 4 is 17.6 Å². The Labute approximate surface area is 142 Å². The number of nitro benzene ring substituents is 1. The van der Waals surface area contributed by atoms with Gasteiger partial charge in [-0.25, -0.2) is 9.18 Å². The summed E-state index contributed by atoms with van der Waals surface area (Å²) in [4.78, 5) is 33.3. The third-order valence-electron chi connectivity index (χ3n) is 3.30. The van der Waals surface area contributed by atoms with Gasteiger partial charge in [-0.15, -0.1) is 0 Å². The van der Waals surface area contributed by atoms with E-state index in [1.165, 1.54) is 36.4 Å². The van der Waals surface area contributed by atoms with E-state index in [2.05, 4.69) is 5.32 Å². The molecule has 2 rings (SSSR count). The van der Waals surface area contributed by atoms with Gasteiger partial charge < -0.3 is 10.1 Å². The van der Waals surface area contributed by atoms with Gasteiger partial charge in [0.1, 0.15) is 5.82 Å². The van der Waals surface area contributed by atoms with Crippen molar-refractivity contribution < 1.29 is 23.6 Å². The van der Waals surface area contributed by atoms with Crippen molar-refractivity contribution in [1.82, 2.24) is 5.32 Å². The molecule has 0 saturated carbocycles. The second-order valence-electron chi connectivity index (χ2n) is 5.11. The number of ether oxygens (including phenoxy) is 1. The number of esters is 1. The first-order valence-electron chi connectivity index (χ1n) is 7.38. The van der Waals surface area contributed by atoms with E-state index in [0.29, 0.717) is 13.0 Å².